The van der Waals surface area contributed by atoms with Gasteiger partial charge in [-0.25, -0.2) is 4.98 Å². The molecule has 0 radical (unpaired) electrons. The third-order valence-corrected chi connectivity index (χ3v) is 4.04. The Morgan fingerprint density at radius 3 is 2.80 bits per heavy atom. The average molecular weight is 290 g/mol. The Morgan fingerprint density at radius 1 is 1.60 bits per heavy atom. The number of halogens is 1. The maximum Gasteiger partial charge on any atom is 0.246 e. The molecule has 1 saturated carbocycles. The Hall–Kier alpha value is -0.460. The van der Waals surface area contributed by atoms with E-state index < -0.39 is 5.54 Å². The smallest absolute Gasteiger partial charge is 0.246 e. The highest BCUT2D eigenvalue weighted by atomic mass is 79.9. The first-order valence-corrected chi connectivity index (χ1v) is 6.43. The largest absolute Gasteiger partial charge is 0.317 e. The Balaban J connectivity index is 2.03. The molecule has 0 atom stereocenters. The number of nitrogens with two attached hydrogens (primary N) is 1. The van der Waals surface area contributed by atoms with Crippen LogP contribution in [-0.2, 0) is 4.79 Å². The molecule has 0 aromatic carbocycles. The highest BCUT2D eigenvalue weighted by molar-refractivity contribution is 9.11. The third-order valence-electron chi connectivity index (χ3n) is 2.65. The predicted octanol–water partition coefficient (Wildman–Crippen LogP) is 2.12. The Kier molecular flexibility index (Phi) is 3.08. The molecule has 1 heterocycles. The van der Waals surface area contributed by atoms with Crippen LogP contribution >= 0.6 is 27.3 Å². The summed E-state index contributed by atoms with van der Waals surface area (Å²) in [4.78, 5) is 15.9. The maximum absolute atomic E-state index is 11.9. The van der Waals surface area contributed by atoms with E-state index in [2.05, 4.69) is 26.2 Å². The molecule has 1 aromatic heterocycles. The molecular formula is C9H12BrN3OS. The molecule has 0 saturated heterocycles. The summed E-state index contributed by atoms with van der Waals surface area (Å²) >= 11 is 4.68. The maximum atomic E-state index is 11.9. The van der Waals surface area contributed by atoms with E-state index in [1.165, 1.54) is 11.3 Å². The van der Waals surface area contributed by atoms with Crippen LogP contribution in [0.5, 0.6) is 0 Å². The lowest BCUT2D eigenvalue weighted by atomic mass is 9.98. The fourth-order valence-corrected chi connectivity index (χ4v) is 2.87. The van der Waals surface area contributed by atoms with Crippen LogP contribution in [0.4, 0.5) is 5.13 Å². The van der Waals surface area contributed by atoms with E-state index in [0.29, 0.717) is 5.13 Å². The first-order chi connectivity index (χ1) is 7.10. The van der Waals surface area contributed by atoms with Crippen molar-refractivity contribution in [1.29, 1.82) is 0 Å². The van der Waals surface area contributed by atoms with Crippen molar-refractivity contribution in [2.45, 2.75) is 31.2 Å². The number of amides is 1. The number of carbonyl (C=O) groups excluding carboxylic acids is 1. The lowest BCUT2D eigenvalue weighted by molar-refractivity contribution is -0.121. The van der Waals surface area contributed by atoms with E-state index in [0.717, 1.165) is 29.5 Å². The number of aromatic nitrogens is 1. The monoisotopic (exact) mass is 289 g/mol. The van der Waals surface area contributed by atoms with Crippen molar-refractivity contribution in [3.63, 3.8) is 0 Å². The van der Waals surface area contributed by atoms with E-state index in [1.54, 1.807) is 6.20 Å². The number of thiazole rings is 1. The second kappa shape index (κ2) is 4.19. The van der Waals surface area contributed by atoms with Gasteiger partial charge in [0.05, 0.1) is 15.5 Å². The zero-order valence-electron chi connectivity index (χ0n) is 8.12. The first kappa shape index (κ1) is 11.0. The molecule has 0 spiro atoms. The lowest BCUT2D eigenvalue weighted by Gasteiger charge is -2.21. The fraction of sp³-hybridized carbons (Fsp3) is 0.556. The molecule has 6 heteroatoms. The SMILES string of the molecule is NC1(C(=O)Nc2ncc(Br)s2)CCCC1. The molecular weight excluding hydrogens is 278 g/mol. The van der Waals surface area contributed by atoms with Crippen molar-refractivity contribution < 1.29 is 4.79 Å². The van der Waals surface area contributed by atoms with Crippen molar-refractivity contribution in [1.82, 2.24) is 4.98 Å². The zero-order chi connectivity index (χ0) is 10.9. The van der Waals surface area contributed by atoms with Crippen LogP contribution in [0, 0.1) is 0 Å². The van der Waals surface area contributed by atoms with Gasteiger partial charge in [-0.3, -0.25) is 4.79 Å². The van der Waals surface area contributed by atoms with Gasteiger partial charge in [-0.1, -0.05) is 24.2 Å². The summed E-state index contributed by atoms with van der Waals surface area (Å²) in [6.45, 7) is 0. The molecule has 2 rings (SSSR count). The van der Waals surface area contributed by atoms with E-state index >= 15 is 0 Å². The molecule has 1 aromatic rings. The van der Waals surface area contributed by atoms with Crippen LogP contribution in [0.2, 0.25) is 0 Å². The predicted molar refractivity (Wildman–Crippen MR) is 63.8 cm³/mol. The van der Waals surface area contributed by atoms with Crippen molar-refractivity contribution in [3.8, 4) is 0 Å². The van der Waals surface area contributed by atoms with Crippen molar-refractivity contribution >= 4 is 38.3 Å². The van der Waals surface area contributed by atoms with Crippen LogP contribution < -0.4 is 11.1 Å². The van der Waals surface area contributed by atoms with Crippen LogP contribution in [-0.4, -0.2) is 16.4 Å². The summed E-state index contributed by atoms with van der Waals surface area (Å²) in [5.74, 6) is -0.109. The van der Waals surface area contributed by atoms with E-state index in [4.69, 9.17) is 5.73 Å². The molecule has 1 amide bonds. The van der Waals surface area contributed by atoms with Gasteiger partial charge in [0.2, 0.25) is 5.91 Å². The van der Waals surface area contributed by atoms with Gasteiger partial charge in [0, 0.05) is 0 Å². The fourth-order valence-electron chi connectivity index (χ4n) is 1.77. The Bertz CT molecular complexity index is 373. The van der Waals surface area contributed by atoms with Crippen LogP contribution in [0.1, 0.15) is 25.7 Å². The normalized spacial score (nSPS) is 19.1. The molecule has 4 nitrogen and oxygen atoms in total. The Labute approximate surface area is 100 Å². The van der Waals surface area contributed by atoms with Gasteiger partial charge >= 0.3 is 0 Å². The number of nitrogens with one attached hydrogen (secondary N) is 1. The Morgan fingerprint density at radius 2 is 2.27 bits per heavy atom. The highest BCUT2D eigenvalue weighted by Gasteiger charge is 2.37. The quantitative estimate of drug-likeness (QED) is 0.876. The molecule has 1 fully saturated rings. The van der Waals surface area contributed by atoms with Gasteiger partial charge in [0.25, 0.3) is 0 Å². The minimum Gasteiger partial charge on any atom is -0.317 e. The summed E-state index contributed by atoms with van der Waals surface area (Å²) in [7, 11) is 0. The summed E-state index contributed by atoms with van der Waals surface area (Å²) in [6.07, 6.45) is 5.27. The van der Waals surface area contributed by atoms with Crippen molar-refractivity contribution in [2.75, 3.05) is 5.32 Å². The number of nitrogens with zero attached hydrogens (tertiary/aromatic N) is 1. The minimum atomic E-state index is -0.682. The number of hydrogen-bond acceptors (Lipinski definition) is 4. The summed E-state index contributed by atoms with van der Waals surface area (Å²) in [6, 6.07) is 0. The molecule has 0 unspecified atom stereocenters. The van der Waals surface area contributed by atoms with Crippen molar-refractivity contribution in [2.24, 2.45) is 5.73 Å². The average Bonchev–Trinajstić information content (AvgIpc) is 2.76. The zero-order valence-corrected chi connectivity index (χ0v) is 10.5. The standard InChI is InChI=1S/C9H12BrN3OS/c10-6-5-12-8(15-6)13-7(14)9(11)3-1-2-4-9/h5H,1-4,11H2,(H,12,13,14). The molecule has 0 aliphatic heterocycles. The summed E-state index contributed by atoms with van der Waals surface area (Å²) in [5, 5.41) is 3.36. The number of hydrogen-bond donors (Lipinski definition) is 2. The second-order valence-corrected chi connectivity index (χ2v) is 6.20. The lowest BCUT2D eigenvalue weighted by Crippen LogP contribution is -2.48. The third kappa shape index (κ3) is 2.38. The van der Waals surface area contributed by atoms with Gasteiger partial charge in [-0.2, -0.15) is 0 Å². The first-order valence-electron chi connectivity index (χ1n) is 4.82. The topological polar surface area (TPSA) is 68.0 Å². The minimum absolute atomic E-state index is 0.109. The van der Waals surface area contributed by atoms with Gasteiger partial charge in [0.15, 0.2) is 5.13 Å². The molecule has 3 N–H and O–H groups in total. The second-order valence-electron chi connectivity index (χ2n) is 3.79. The van der Waals surface area contributed by atoms with E-state index in [1.807, 2.05) is 0 Å². The van der Waals surface area contributed by atoms with Crippen LogP contribution in [0.3, 0.4) is 0 Å². The number of carbonyl (C=O) groups is 1. The van der Waals surface area contributed by atoms with Gasteiger partial charge in [-0.05, 0) is 28.8 Å². The van der Waals surface area contributed by atoms with E-state index in [9.17, 15) is 4.79 Å². The van der Waals surface area contributed by atoms with Gasteiger partial charge in [-0.15, -0.1) is 0 Å². The number of anilines is 1. The van der Waals surface area contributed by atoms with Crippen molar-refractivity contribution in [3.05, 3.63) is 9.98 Å². The molecule has 1 aliphatic carbocycles. The molecule has 0 bridgehead atoms. The molecule has 1 aliphatic rings. The molecule has 82 valence electrons. The summed E-state index contributed by atoms with van der Waals surface area (Å²) < 4.78 is 0.898. The van der Waals surface area contributed by atoms with Crippen LogP contribution in [0.25, 0.3) is 0 Å². The van der Waals surface area contributed by atoms with Crippen LogP contribution in [0.15, 0.2) is 9.98 Å². The van der Waals surface area contributed by atoms with Gasteiger partial charge in [0.1, 0.15) is 0 Å². The van der Waals surface area contributed by atoms with Gasteiger partial charge < -0.3 is 11.1 Å². The number of rotatable bonds is 2. The highest BCUT2D eigenvalue weighted by Crippen LogP contribution is 2.29. The summed E-state index contributed by atoms with van der Waals surface area (Å²) in [5.41, 5.74) is 5.33. The van der Waals surface area contributed by atoms with E-state index in [-0.39, 0.29) is 5.91 Å². The molecule has 15 heavy (non-hydrogen) atoms.